The molecule has 0 spiro atoms. The molecule has 0 bridgehead atoms. The summed E-state index contributed by atoms with van der Waals surface area (Å²) in [5, 5.41) is 4.54. The summed E-state index contributed by atoms with van der Waals surface area (Å²) in [7, 11) is 0. The van der Waals surface area contributed by atoms with Crippen LogP contribution in [0, 0.1) is 6.92 Å². The second kappa shape index (κ2) is 7.36. The minimum Gasteiger partial charge on any atom is -0.423 e. The van der Waals surface area contributed by atoms with E-state index >= 15 is 0 Å². The Balaban J connectivity index is 1.63. The number of nitrogens with zero attached hydrogens (tertiary/aromatic N) is 2. The van der Waals surface area contributed by atoms with Gasteiger partial charge < -0.3 is 9.73 Å². The van der Waals surface area contributed by atoms with Crippen LogP contribution in [0.4, 0.5) is 5.69 Å². The Labute approximate surface area is 165 Å². The van der Waals surface area contributed by atoms with Crippen molar-refractivity contribution in [3.05, 3.63) is 82.5 Å². The summed E-state index contributed by atoms with van der Waals surface area (Å²) in [6.07, 6.45) is 5.54. The van der Waals surface area contributed by atoms with E-state index in [0.717, 1.165) is 21.8 Å². The van der Waals surface area contributed by atoms with E-state index in [2.05, 4.69) is 10.3 Å². The SMILES string of the molecule is CSc1nccn1-c1cccc(C(=O)Nc2ccc3c(C)cc(=O)oc3c2)c1. The number of carbonyl (C=O) groups excluding carboxylic acids is 1. The molecule has 1 N–H and O–H groups in total. The maximum atomic E-state index is 12.7. The van der Waals surface area contributed by atoms with Gasteiger partial charge in [-0.3, -0.25) is 9.36 Å². The van der Waals surface area contributed by atoms with Gasteiger partial charge in [0.25, 0.3) is 5.91 Å². The number of amides is 1. The molecule has 4 aromatic rings. The van der Waals surface area contributed by atoms with Gasteiger partial charge in [0.1, 0.15) is 5.58 Å². The molecule has 2 aromatic carbocycles. The van der Waals surface area contributed by atoms with Crippen molar-refractivity contribution in [3.8, 4) is 5.69 Å². The van der Waals surface area contributed by atoms with Crippen molar-refractivity contribution in [2.75, 3.05) is 11.6 Å². The van der Waals surface area contributed by atoms with Gasteiger partial charge in [-0.25, -0.2) is 9.78 Å². The number of imidazole rings is 1. The van der Waals surface area contributed by atoms with Gasteiger partial charge in [0.2, 0.25) is 0 Å². The third-order valence-corrected chi connectivity index (χ3v) is 5.05. The fourth-order valence-corrected chi connectivity index (χ4v) is 3.57. The highest BCUT2D eigenvalue weighted by molar-refractivity contribution is 7.98. The van der Waals surface area contributed by atoms with Crippen LogP contribution in [-0.4, -0.2) is 21.7 Å². The van der Waals surface area contributed by atoms with Gasteiger partial charge in [-0.1, -0.05) is 17.8 Å². The molecule has 6 nitrogen and oxygen atoms in total. The third-order valence-electron chi connectivity index (χ3n) is 4.39. The average Bonchev–Trinajstić information content (AvgIpc) is 3.16. The summed E-state index contributed by atoms with van der Waals surface area (Å²) < 4.78 is 7.17. The first-order valence-electron chi connectivity index (χ1n) is 8.59. The largest absolute Gasteiger partial charge is 0.423 e. The Morgan fingerprint density at radius 1 is 1.18 bits per heavy atom. The lowest BCUT2D eigenvalue weighted by Crippen LogP contribution is -2.12. The Morgan fingerprint density at radius 3 is 2.86 bits per heavy atom. The maximum absolute atomic E-state index is 12.7. The van der Waals surface area contributed by atoms with E-state index in [1.54, 1.807) is 24.4 Å². The van der Waals surface area contributed by atoms with Crippen LogP contribution in [0.2, 0.25) is 0 Å². The van der Waals surface area contributed by atoms with Gasteiger partial charge in [-0.2, -0.15) is 0 Å². The summed E-state index contributed by atoms with van der Waals surface area (Å²) in [5.74, 6) is -0.248. The van der Waals surface area contributed by atoms with Crippen molar-refractivity contribution < 1.29 is 9.21 Å². The van der Waals surface area contributed by atoms with Crippen molar-refractivity contribution >= 4 is 34.3 Å². The number of thioether (sulfide) groups is 1. The van der Waals surface area contributed by atoms with E-state index in [1.165, 1.54) is 17.8 Å². The molecule has 0 atom stereocenters. The van der Waals surface area contributed by atoms with Crippen LogP contribution in [-0.2, 0) is 0 Å². The van der Waals surface area contributed by atoms with Gasteiger partial charge in [0.15, 0.2) is 5.16 Å². The first kappa shape index (κ1) is 18.1. The monoisotopic (exact) mass is 391 g/mol. The van der Waals surface area contributed by atoms with Crippen molar-refractivity contribution in [1.82, 2.24) is 9.55 Å². The number of hydrogen-bond acceptors (Lipinski definition) is 5. The lowest BCUT2D eigenvalue weighted by atomic mass is 10.1. The number of carbonyl (C=O) groups is 1. The van der Waals surface area contributed by atoms with Gasteiger partial charge >= 0.3 is 5.63 Å². The van der Waals surface area contributed by atoms with Crippen LogP contribution in [0.1, 0.15) is 15.9 Å². The second-order valence-electron chi connectivity index (χ2n) is 6.25. The summed E-state index contributed by atoms with van der Waals surface area (Å²) in [5.41, 5.74) is 2.80. The first-order valence-corrected chi connectivity index (χ1v) is 9.81. The van der Waals surface area contributed by atoms with Crippen molar-refractivity contribution in [3.63, 3.8) is 0 Å². The smallest absolute Gasteiger partial charge is 0.336 e. The predicted octanol–water partition coefficient (Wildman–Crippen LogP) is 4.26. The third kappa shape index (κ3) is 3.44. The molecule has 1 amide bonds. The molecular weight excluding hydrogens is 374 g/mol. The highest BCUT2D eigenvalue weighted by atomic mass is 32.2. The van der Waals surface area contributed by atoms with E-state index in [1.807, 2.05) is 48.2 Å². The minimum atomic E-state index is -0.411. The Hall–Kier alpha value is -3.32. The molecule has 0 saturated carbocycles. The number of nitrogens with one attached hydrogen (secondary N) is 1. The maximum Gasteiger partial charge on any atom is 0.336 e. The molecule has 4 rings (SSSR count). The van der Waals surface area contributed by atoms with Crippen LogP contribution in [0.15, 0.2) is 75.3 Å². The summed E-state index contributed by atoms with van der Waals surface area (Å²) in [4.78, 5) is 28.6. The summed E-state index contributed by atoms with van der Waals surface area (Å²) in [6, 6.07) is 14.0. The van der Waals surface area contributed by atoms with Crippen molar-refractivity contribution in [2.45, 2.75) is 12.1 Å². The number of aromatic nitrogens is 2. The molecule has 0 aliphatic carbocycles. The first-order chi connectivity index (χ1) is 13.5. The Bertz CT molecular complexity index is 1240. The highest BCUT2D eigenvalue weighted by Gasteiger charge is 2.11. The number of anilines is 1. The minimum absolute atomic E-state index is 0.248. The van der Waals surface area contributed by atoms with Crippen LogP contribution in [0.25, 0.3) is 16.7 Å². The van der Waals surface area contributed by atoms with Gasteiger partial charge in [0, 0.05) is 46.9 Å². The molecular formula is C21H17N3O3S. The molecule has 0 radical (unpaired) electrons. The van der Waals surface area contributed by atoms with Crippen LogP contribution >= 0.6 is 11.8 Å². The number of rotatable bonds is 4. The van der Waals surface area contributed by atoms with Crippen LogP contribution in [0.3, 0.4) is 0 Å². The lowest BCUT2D eigenvalue weighted by Gasteiger charge is -2.10. The fraction of sp³-hybridized carbons (Fsp3) is 0.0952. The molecule has 2 heterocycles. The molecule has 0 fully saturated rings. The molecule has 0 aliphatic rings. The zero-order valence-corrected chi connectivity index (χ0v) is 16.1. The number of fused-ring (bicyclic) bond motifs is 1. The van der Waals surface area contributed by atoms with Gasteiger partial charge in [-0.15, -0.1) is 0 Å². The van der Waals surface area contributed by atoms with Gasteiger partial charge in [-0.05, 0) is 49.1 Å². The summed E-state index contributed by atoms with van der Waals surface area (Å²) in [6.45, 7) is 1.85. The normalized spacial score (nSPS) is 10.9. The highest BCUT2D eigenvalue weighted by Crippen LogP contribution is 2.22. The predicted molar refractivity (Wildman–Crippen MR) is 111 cm³/mol. The molecule has 0 saturated heterocycles. The van der Waals surface area contributed by atoms with E-state index in [9.17, 15) is 9.59 Å². The van der Waals surface area contributed by atoms with Crippen LogP contribution < -0.4 is 10.9 Å². The van der Waals surface area contributed by atoms with Crippen molar-refractivity contribution in [2.24, 2.45) is 0 Å². The standard InChI is InChI=1S/C21H17N3O3S/c1-13-10-19(25)27-18-12-15(6-7-17(13)18)23-20(26)14-4-3-5-16(11-14)24-9-8-22-21(24)28-2/h3-12H,1-2H3,(H,23,26). The molecule has 0 aliphatic heterocycles. The molecule has 28 heavy (non-hydrogen) atoms. The summed E-state index contributed by atoms with van der Waals surface area (Å²) >= 11 is 1.53. The topological polar surface area (TPSA) is 77.1 Å². The van der Waals surface area contributed by atoms with Crippen LogP contribution in [0.5, 0.6) is 0 Å². The lowest BCUT2D eigenvalue weighted by molar-refractivity contribution is 0.102. The number of benzene rings is 2. The average molecular weight is 391 g/mol. The fourth-order valence-electron chi connectivity index (χ4n) is 3.04. The number of hydrogen-bond donors (Lipinski definition) is 1. The van der Waals surface area contributed by atoms with Crippen molar-refractivity contribution in [1.29, 1.82) is 0 Å². The Kier molecular flexibility index (Phi) is 4.75. The van der Waals surface area contributed by atoms with Gasteiger partial charge in [0.05, 0.1) is 0 Å². The molecule has 7 heteroatoms. The zero-order chi connectivity index (χ0) is 19.7. The quantitative estimate of drug-likeness (QED) is 0.415. The van der Waals surface area contributed by atoms with E-state index in [4.69, 9.17) is 4.42 Å². The second-order valence-corrected chi connectivity index (χ2v) is 7.02. The molecule has 2 aromatic heterocycles. The molecule has 140 valence electrons. The van der Waals surface area contributed by atoms with E-state index in [0.29, 0.717) is 16.8 Å². The zero-order valence-electron chi connectivity index (χ0n) is 15.3. The number of aryl methyl sites for hydroxylation is 1. The van der Waals surface area contributed by atoms with E-state index in [-0.39, 0.29) is 5.91 Å². The van der Waals surface area contributed by atoms with E-state index < -0.39 is 5.63 Å². The Morgan fingerprint density at radius 2 is 2.04 bits per heavy atom. The molecule has 0 unspecified atom stereocenters.